The molecule has 4 rings (SSSR count). The van der Waals surface area contributed by atoms with Crippen LogP contribution in [0.2, 0.25) is 0 Å². The van der Waals surface area contributed by atoms with E-state index >= 15 is 0 Å². The number of allylic oxidation sites excluding steroid dienone is 2. The van der Waals surface area contributed by atoms with Gasteiger partial charge >= 0.3 is 0 Å². The van der Waals surface area contributed by atoms with Gasteiger partial charge in [-0.2, -0.15) is 0 Å². The number of benzene rings is 2. The van der Waals surface area contributed by atoms with E-state index in [1.807, 2.05) is 60.7 Å². The minimum atomic E-state index is -0.833. The van der Waals surface area contributed by atoms with Crippen LogP contribution >= 0.6 is 0 Å². The fourth-order valence-corrected chi connectivity index (χ4v) is 2.68. The molecule has 0 spiro atoms. The summed E-state index contributed by atoms with van der Waals surface area (Å²) in [5.41, 5.74) is 3.24. The third kappa shape index (κ3) is 36.9. The van der Waals surface area contributed by atoms with Crippen molar-refractivity contribution < 1.29 is 83.3 Å². The fraction of sp³-hybridized carbons (Fsp3) is 0.111. The van der Waals surface area contributed by atoms with Crippen molar-refractivity contribution in [1.29, 1.82) is 0 Å². The van der Waals surface area contributed by atoms with Crippen molar-refractivity contribution in [3.8, 4) is 0 Å². The number of rotatable bonds is 6. The van der Waals surface area contributed by atoms with Gasteiger partial charge in [-0.05, 0) is 47.5 Å². The zero-order valence-electron chi connectivity index (χ0n) is 27.4. The summed E-state index contributed by atoms with van der Waals surface area (Å²) in [5, 5.41) is 29.7. The Hall–Kier alpha value is -5.52. The molecule has 50 heavy (non-hydrogen) atoms. The van der Waals surface area contributed by atoms with E-state index in [-0.39, 0.29) is 45.7 Å². The molecule has 2 aromatic heterocycles. The predicted molar refractivity (Wildman–Crippen MR) is 181 cm³/mol. The Labute approximate surface area is 311 Å². The standard InChI is InChI=1S/2C14H11NO.4C2H4O2.2Cu/c2*16-14(13-7-4-10-15-11-13)9-8-12-5-2-1-3-6-12;4*1-2(3)4;;/h2*1-11H;4*1H3,(H,3,4);;. The summed E-state index contributed by atoms with van der Waals surface area (Å²) in [6.07, 6.45) is 13.2. The predicted octanol–water partition coefficient (Wildman–Crippen LogP) is 6.31. The summed E-state index contributed by atoms with van der Waals surface area (Å²) < 4.78 is 0. The minimum absolute atomic E-state index is 0. The van der Waals surface area contributed by atoms with Gasteiger partial charge in [-0.1, -0.05) is 72.8 Å². The summed E-state index contributed by atoms with van der Waals surface area (Å²) in [6.45, 7) is 4.33. The Kier molecular flexibility index (Phi) is 34.3. The molecule has 0 amide bonds. The van der Waals surface area contributed by atoms with Crippen LogP contribution in [-0.4, -0.2) is 65.8 Å². The first-order chi connectivity index (χ1) is 22.6. The van der Waals surface area contributed by atoms with Crippen LogP contribution in [0, 0.1) is 0 Å². The Bertz CT molecular complexity index is 1430. The van der Waals surface area contributed by atoms with Crippen molar-refractivity contribution in [2.45, 2.75) is 27.7 Å². The summed E-state index contributed by atoms with van der Waals surface area (Å²) >= 11 is 0. The average molecular weight is 786 g/mol. The zero-order valence-corrected chi connectivity index (χ0v) is 29.3. The van der Waals surface area contributed by atoms with E-state index in [0.717, 1.165) is 38.8 Å². The van der Waals surface area contributed by atoms with Crippen molar-refractivity contribution in [2.75, 3.05) is 0 Å². The molecule has 0 saturated carbocycles. The van der Waals surface area contributed by atoms with Gasteiger partial charge in [0.25, 0.3) is 23.9 Å². The smallest absolute Gasteiger partial charge is 0.300 e. The number of carboxylic acids is 4. The second-order valence-corrected chi connectivity index (χ2v) is 8.78. The largest absolute Gasteiger partial charge is 0.481 e. The number of ketones is 2. The molecule has 0 saturated heterocycles. The van der Waals surface area contributed by atoms with Gasteiger partial charge in [-0.25, -0.2) is 0 Å². The van der Waals surface area contributed by atoms with E-state index in [2.05, 4.69) is 9.97 Å². The van der Waals surface area contributed by atoms with Crippen LogP contribution in [0.3, 0.4) is 0 Å². The normalized spacial score (nSPS) is 8.72. The second-order valence-electron chi connectivity index (χ2n) is 8.78. The summed E-state index contributed by atoms with van der Waals surface area (Å²) in [7, 11) is 0. The molecule has 0 aliphatic rings. The van der Waals surface area contributed by atoms with E-state index in [0.29, 0.717) is 11.1 Å². The van der Waals surface area contributed by atoms with Crippen molar-refractivity contribution in [3.05, 3.63) is 144 Å². The molecule has 12 nitrogen and oxygen atoms in total. The van der Waals surface area contributed by atoms with Gasteiger partial charge in [-0.3, -0.25) is 38.7 Å². The number of aliphatic carboxylic acids is 4. The Balaban J connectivity index is -0.000000290. The van der Waals surface area contributed by atoms with Crippen LogP contribution in [0.1, 0.15) is 59.5 Å². The van der Waals surface area contributed by atoms with E-state index in [4.69, 9.17) is 39.6 Å². The van der Waals surface area contributed by atoms with Crippen LogP contribution < -0.4 is 0 Å². The quantitative estimate of drug-likeness (QED) is 0.0963. The van der Waals surface area contributed by atoms with Crippen LogP contribution in [0.15, 0.2) is 122 Å². The zero-order chi connectivity index (χ0) is 36.7. The van der Waals surface area contributed by atoms with E-state index < -0.39 is 23.9 Å². The maximum atomic E-state index is 11.7. The topological polar surface area (TPSA) is 209 Å². The molecule has 2 radical (unpaired) electrons. The molecule has 0 unspecified atom stereocenters. The first kappa shape index (κ1) is 51.3. The molecule has 274 valence electrons. The van der Waals surface area contributed by atoms with Gasteiger partial charge in [0.15, 0.2) is 11.6 Å². The first-order valence-corrected chi connectivity index (χ1v) is 13.8. The molecule has 0 aliphatic heterocycles. The van der Waals surface area contributed by atoms with Crippen LogP contribution in [-0.2, 0) is 53.3 Å². The van der Waals surface area contributed by atoms with Gasteiger partial charge in [0.05, 0.1) is 0 Å². The average Bonchev–Trinajstić information content (AvgIpc) is 3.03. The molecule has 0 fully saturated rings. The molecule has 0 bridgehead atoms. The number of pyridine rings is 2. The van der Waals surface area contributed by atoms with Crippen molar-refractivity contribution in [3.63, 3.8) is 0 Å². The fourth-order valence-electron chi connectivity index (χ4n) is 2.68. The minimum Gasteiger partial charge on any atom is -0.481 e. The van der Waals surface area contributed by atoms with Gasteiger partial charge in [-0.15, -0.1) is 0 Å². The molecular weight excluding hydrogens is 747 g/mol. The molecular formula is C36H38Cu2N2O10. The Morgan fingerprint density at radius 1 is 0.460 bits per heavy atom. The third-order valence-electron chi connectivity index (χ3n) is 4.35. The summed E-state index contributed by atoms with van der Waals surface area (Å²) in [4.78, 5) is 67.2. The molecule has 2 aromatic carbocycles. The van der Waals surface area contributed by atoms with Gasteiger partial charge in [0, 0.05) is 97.7 Å². The summed E-state index contributed by atoms with van der Waals surface area (Å²) in [6, 6.07) is 26.5. The number of hydrogen-bond acceptors (Lipinski definition) is 8. The van der Waals surface area contributed by atoms with Crippen molar-refractivity contribution in [2.24, 2.45) is 0 Å². The van der Waals surface area contributed by atoms with Crippen molar-refractivity contribution >= 4 is 47.6 Å². The molecule has 2 heterocycles. The van der Waals surface area contributed by atoms with E-state index in [1.165, 1.54) is 0 Å². The number of hydrogen-bond donors (Lipinski definition) is 4. The first-order valence-electron chi connectivity index (χ1n) is 13.8. The number of nitrogens with zero attached hydrogens (tertiary/aromatic N) is 2. The second kappa shape index (κ2) is 33.4. The number of carbonyl (C=O) groups excluding carboxylic acids is 2. The van der Waals surface area contributed by atoms with Crippen LogP contribution in [0.4, 0.5) is 0 Å². The van der Waals surface area contributed by atoms with E-state index in [1.54, 1.807) is 73.4 Å². The van der Waals surface area contributed by atoms with Crippen LogP contribution in [0.5, 0.6) is 0 Å². The molecule has 4 aromatic rings. The maximum absolute atomic E-state index is 11.7. The molecule has 0 aliphatic carbocycles. The van der Waals surface area contributed by atoms with Crippen molar-refractivity contribution in [1.82, 2.24) is 9.97 Å². The Morgan fingerprint density at radius 3 is 0.940 bits per heavy atom. The van der Waals surface area contributed by atoms with Gasteiger partial charge < -0.3 is 20.4 Å². The molecule has 4 N–H and O–H groups in total. The number of carboxylic acid groups (broad SMARTS) is 4. The SMILES string of the molecule is CC(=O)O.CC(=O)O.CC(=O)O.CC(=O)O.O=C(C=Cc1ccccc1)c1cccnc1.O=C(C=Cc1ccccc1)c1cccnc1.[Cu].[Cu]. The maximum Gasteiger partial charge on any atom is 0.300 e. The van der Waals surface area contributed by atoms with Crippen LogP contribution in [0.25, 0.3) is 12.2 Å². The monoisotopic (exact) mass is 784 g/mol. The third-order valence-corrected chi connectivity index (χ3v) is 4.35. The molecule has 14 heteroatoms. The Morgan fingerprint density at radius 2 is 0.720 bits per heavy atom. The summed E-state index contributed by atoms with van der Waals surface area (Å²) in [5.74, 6) is -3.39. The number of carbonyl (C=O) groups is 6. The van der Waals surface area contributed by atoms with Gasteiger partial charge in [0.2, 0.25) is 0 Å². The van der Waals surface area contributed by atoms with E-state index in [9.17, 15) is 9.59 Å². The molecule has 0 atom stereocenters. The number of aromatic nitrogens is 2. The van der Waals surface area contributed by atoms with Gasteiger partial charge in [0.1, 0.15) is 0 Å².